The fourth-order valence-corrected chi connectivity index (χ4v) is 1.38. The molecule has 0 fully saturated rings. The maximum atomic E-state index is 9.15. The van der Waals surface area contributed by atoms with Crippen molar-refractivity contribution in [2.24, 2.45) is 0 Å². The van der Waals surface area contributed by atoms with Gasteiger partial charge in [-0.2, -0.15) is 0 Å². The molecule has 0 heterocycles. The van der Waals surface area contributed by atoms with Gasteiger partial charge in [-0.1, -0.05) is 6.07 Å². The number of hydrogen-bond donors (Lipinski definition) is 3. The van der Waals surface area contributed by atoms with Crippen LogP contribution >= 0.6 is 0 Å². The summed E-state index contributed by atoms with van der Waals surface area (Å²) in [7, 11) is 0. The molecule has 1 rings (SSSR count). The van der Waals surface area contributed by atoms with Gasteiger partial charge in [0, 0.05) is 12.2 Å². The lowest BCUT2D eigenvalue weighted by Crippen LogP contribution is -2.22. The number of rotatable bonds is 4. The quantitative estimate of drug-likeness (QED) is 0.673. The zero-order valence-electron chi connectivity index (χ0n) is 8.62. The molecule has 3 heteroatoms. The summed E-state index contributed by atoms with van der Waals surface area (Å²) in [5.74, 6) is 0. The summed E-state index contributed by atoms with van der Waals surface area (Å²) in [5, 5.41) is 20.8. The van der Waals surface area contributed by atoms with Crippen LogP contribution in [0.2, 0.25) is 0 Å². The molecular formula is C11H17NO2. The first-order chi connectivity index (χ1) is 6.61. The van der Waals surface area contributed by atoms with Crippen LogP contribution in [-0.2, 0) is 0 Å². The van der Waals surface area contributed by atoms with Crippen LogP contribution in [0.25, 0.3) is 0 Å². The fraction of sp³-hybridized carbons (Fsp3) is 0.455. The van der Waals surface area contributed by atoms with Crippen LogP contribution in [-0.4, -0.2) is 29.5 Å². The normalized spacial score (nSPS) is 12.6. The van der Waals surface area contributed by atoms with Crippen molar-refractivity contribution < 1.29 is 10.2 Å². The first-order valence-electron chi connectivity index (χ1n) is 4.73. The largest absolute Gasteiger partial charge is 0.394 e. The lowest BCUT2D eigenvalue weighted by molar-refractivity contribution is 0.105. The summed E-state index contributed by atoms with van der Waals surface area (Å²) in [4.78, 5) is 0. The van der Waals surface area contributed by atoms with E-state index < -0.39 is 6.10 Å². The minimum Gasteiger partial charge on any atom is -0.394 e. The molecule has 14 heavy (non-hydrogen) atoms. The van der Waals surface area contributed by atoms with Gasteiger partial charge in [-0.05, 0) is 37.1 Å². The van der Waals surface area contributed by atoms with Crippen molar-refractivity contribution in [3.8, 4) is 0 Å². The van der Waals surface area contributed by atoms with Crippen molar-refractivity contribution in [1.82, 2.24) is 0 Å². The molecule has 1 aromatic rings. The molecule has 78 valence electrons. The van der Waals surface area contributed by atoms with Gasteiger partial charge in [-0.25, -0.2) is 0 Å². The summed E-state index contributed by atoms with van der Waals surface area (Å²) < 4.78 is 0. The smallest absolute Gasteiger partial charge is 0.0942 e. The van der Waals surface area contributed by atoms with Crippen LogP contribution in [0.1, 0.15) is 11.1 Å². The van der Waals surface area contributed by atoms with Crippen molar-refractivity contribution in [3.05, 3.63) is 29.3 Å². The molecule has 1 atom stereocenters. The molecule has 0 aliphatic heterocycles. The predicted octanol–water partition coefficient (Wildman–Crippen LogP) is 1.07. The first kappa shape index (κ1) is 11.0. The second-order valence-corrected chi connectivity index (χ2v) is 3.59. The van der Waals surface area contributed by atoms with Gasteiger partial charge in [-0.3, -0.25) is 0 Å². The Bertz CT molecular complexity index is 279. The van der Waals surface area contributed by atoms with Gasteiger partial charge in [0.05, 0.1) is 12.7 Å². The highest BCUT2D eigenvalue weighted by Gasteiger charge is 2.01. The summed E-state index contributed by atoms with van der Waals surface area (Å²) in [6.07, 6.45) is -0.698. The predicted molar refractivity (Wildman–Crippen MR) is 57.5 cm³/mol. The number of benzene rings is 1. The van der Waals surface area contributed by atoms with Crippen molar-refractivity contribution in [3.63, 3.8) is 0 Å². The van der Waals surface area contributed by atoms with Crippen LogP contribution in [0.3, 0.4) is 0 Å². The van der Waals surface area contributed by atoms with Crippen LogP contribution in [0.4, 0.5) is 5.69 Å². The second kappa shape index (κ2) is 4.98. The summed E-state index contributed by atoms with van der Waals surface area (Å²) in [6.45, 7) is 4.22. The van der Waals surface area contributed by atoms with E-state index in [0.29, 0.717) is 6.54 Å². The highest BCUT2D eigenvalue weighted by molar-refractivity contribution is 5.48. The van der Waals surface area contributed by atoms with Gasteiger partial charge < -0.3 is 15.5 Å². The topological polar surface area (TPSA) is 52.5 Å². The Morgan fingerprint density at radius 1 is 1.21 bits per heavy atom. The second-order valence-electron chi connectivity index (χ2n) is 3.59. The van der Waals surface area contributed by atoms with E-state index >= 15 is 0 Å². The van der Waals surface area contributed by atoms with E-state index in [-0.39, 0.29) is 6.61 Å². The summed E-state index contributed by atoms with van der Waals surface area (Å²) >= 11 is 0. The average Bonchev–Trinajstić information content (AvgIpc) is 2.12. The molecule has 0 radical (unpaired) electrons. The summed E-state index contributed by atoms with van der Waals surface area (Å²) in [5.41, 5.74) is 3.35. The van der Waals surface area contributed by atoms with Gasteiger partial charge in [0.1, 0.15) is 0 Å². The van der Waals surface area contributed by atoms with Crippen molar-refractivity contribution in [2.45, 2.75) is 20.0 Å². The van der Waals surface area contributed by atoms with E-state index in [1.807, 2.05) is 26.0 Å². The van der Waals surface area contributed by atoms with Crippen molar-refractivity contribution in [1.29, 1.82) is 0 Å². The lowest BCUT2D eigenvalue weighted by Gasteiger charge is -2.11. The molecule has 0 aliphatic rings. The van der Waals surface area contributed by atoms with Gasteiger partial charge in [0.2, 0.25) is 0 Å². The molecule has 1 aromatic carbocycles. The summed E-state index contributed by atoms with van der Waals surface area (Å²) in [6, 6.07) is 6.11. The molecule has 0 amide bonds. The van der Waals surface area contributed by atoms with E-state index in [4.69, 9.17) is 10.2 Å². The Hall–Kier alpha value is -1.06. The minimum absolute atomic E-state index is 0.211. The lowest BCUT2D eigenvalue weighted by atomic mass is 10.1. The molecule has 0 aromatic heterocycles. The molecule has 0 spiro atoms. The highest BCUT2D eigenvalue weighted by Crippen LogP contribution is 2.13. The number of anilines is 1. The third kappa shape index (κ3) is 3.36. The fourth-order valence-electron chi connectivity index (χ4n) is 1.38. The molecule has 0 saturated heterocycles. The maximum Gasteiger partial charge on any atom is 0.0942 e. The molecule has 0 saturated carbocycles. The minimum atomic E-state index is -0.698. The van der Waals surface area contributed by atoms with Crippen molar-refractivity contribution >= 4 is 5.69 Å². The number of aliphatic hydroxyl groups is 2. The van der Waals surface area contributed by atoms with E-state index in [1.54, 1.807) is 0 Å². The number of aryl methyl sites for hydroxylation is 2. The van der Waals surface area contributed by atoms with Gasteiger partial charge in [0.15, 0.2) is 0 Å². The Balaban J connectivity index is 2.58. The Morgan fingerprint density at radius 3 is 2.29 bits per heavy atom. The molecule has 0 aliphatic carbocycles. The Labute approximate surface area is 84.4 Å². The number of aliphatic hydroxyl groups excluding tert-OH is 2. The Morgan fingerprint density at radius 2 is 1.79 bits per heavy atom. The van der Waals surface area contributed by atoms with E-state index in [0.717, 1.165) is 5.69 Å². The van der Waals surface area contributed by atoms with Gasteiger partial charge in [0.25, 0.3) is 0 Å². The van der Waals surface area contributed by atoms with E-state index in [1.165, 1.54) is 11.1 Å². The molecular weight excluding hydrogens is 178 g/mol. The van der Waals surface area contributed by atoms with Gasteiger partial charge in [-0.15, -0.1) is 0 Å². The number of hydrogen-bond acceptors (Lipinski definition) is 3. The average molecular weight is 195 g/mol. The molecule has 0 bridgehead atoms. The molecule has 3 nitrogen and oxygen atoms in total. The molecule has 3 N–H and O–H groups in total. The van der Waals surface area contributed by atoms with E-state index in [9.17, 15) is 0 Å². The third-order valence-corrected chi connectivity index (χ3v) is 1.97. The van der Waals surface area contributed by atoms with Gasteiger partial charge >= 0.3 is 0 Å². The first-order valence-corrected chi connectivity index (χ1v) is 4.73. The molecule has 0 unspecified atom stereocenters. The Kier molecular flexibility index (Phi) is 3.92. The maximum absolute atomic E-state index is 9.15. The third-order valence-electron chi connectivity index (χ3n) is 1.97. The van der Waals surface area contributed by atoms with Crippen molar-refractivity contribution in [2.75, 3.05) is 18.5 Å². The van der Waals surface area contributed by atoms with Crippen LogP contribution in [0.15, 0.2) is 18.2 Å². The number of nitrogens with one attached hydrogen (secondary N) is 1. The SMILES string of the molecule is Cc1cc(C)cc(NC[C@H](O)CO)c1. The van der Waals surface area contributed by atoms with E-state index in [2.05, 4.69) is 11.4 Å². The zero-order chi connectivity index (χ0) is 10.6. The van der Waals surface area contributed by atoms with Crippen LogP contribution in [0, 0.1) is 13.8 Å². The zero-order valence-corrected chi connectivity index (χ0v) is 8.62. The van der Waals surface area contributed by atoms with Crippen LogP contribution < -0.4 is 5.32 Å². The standard InChI is InChI=1S/C11H17NO2/c1-8-3-9(2)5-10(4-8)12-6-11(14)7-13/h3-5,11-14H,6-7H2,1-2H3/t11-/m0/s1. The monoisotopic (exact) mass is 195 g/mol. The highest BCUT2D eigenvalue weighted by atomic mass is 16.3. The van der Waals surface area contributed by atoms with Crippen LogP contribution in [0.5, 0.6) is 0 Å².